The third-order valence-corrected chi connectivity index (χ3v) is 3.31. The van der Waals surface area contributed by atoms with Gasteiger partial charge in [0.2, 0.25) is 0 Å². The SMILES string of the molecule is CC(C)NCc1ccc2nc(-c3ccccc3)[nH]c2c1. The monoisotopic (exact) mass is 265 g/mol. The maximum absolute atomic E-state index is 4.64. The van der Waals surface area contributed by atoms with Gasteiger partial charge in [-0.2, -0.15) is 0 Å². The number of fused-ring (bicyclic) bond motifs is 1. The molecule has 3 rings (SSSR count). The van der Waals surface area contributed by atoms with Crippen molar-refractivity contribution in [1.29, 1.82) is 0 Å². The summed E-state index contributed by atoms with van der Waals surface area (Å²) in [4.78, 5) is 8.04. The lowest BCUT2D eigenvalue weighted by molar-refractivity contribution is 0.589. The van der Waals surface area contributed by atoms with E-state index in [0.29, 0.717) is 6.04 Å². The first-order chi connectivity index (χ1) is 9.72. The van der Waals surface area contributed by atoms with Crippen molar-refractivity contribution in [1.82, 2.24) is 15.3 Å². The second kappa shape index (κ2) is 5.47. The highest BCUT2D eigenvalue weighted by Gasteiger charge is 2.05. The molecule has 0 amide bonds. The minimum Gasteiger partial charge on any atom is -0.338 e. The zero-order chi connectivity index (χ0) is 13.9. The van der Waals surface area contributed by atoms with Gasteiger partial charge in [0.1, 0.15) is 5.82 Å². The molecule has 2 N–H and O–H groups in total. The molecule has 3 aromatic rings. The number of aromatic nitrogens is 2. The fraction of sp³-hybridized carbons (Fsp3) is 0.235. The number of nitrogens with one attached hydrogen (secondary N) is 2. The number of hydrogen-bond acceptors (Lipinski definition) is 2. The standard InChI is InChI=1S/C17H19N3/c1-12(2)18-11-13-8-9-15-16(10-13)20-17(19-15)14-6-4-3-5-7-14/h3-10,12,18H,11H2,1-2H3,(H,19,20). The third-order valence-electron chi connectivity index (χ3n) is 3.31. The summed E-state index contributed by atoms with van der Waals surface area (Å²) in [5.74, 6) is 0.926. The first-order valence-corrected chi connectivity index (χ1v) is 7.00. The summed E-state index contributed by atoms with van der Waals surface area (Å²) in [6, 6.07) is 17.1. The van der Waals surface area contributed by atoms with Gasteiger partial charge in [-0.3, -0.25) is 0 Å². The number of nitrogens with zero attached hydrogens (tertiary/aromatic N) is 1. The molecule has 3 heteroatoms. The molecule has 0 atom stereocenters. The first kappa shape index (κ1) is 12.9. The summed E-state index contributed by atoms with van der Waals surface area (Å²) in [6.07, 6.45) is 0. The number of benzene rings is 2. The molecule has 1 aromatic heterocycles. The lowest BCUT2D eigenvalue weighted by atomic mass is 10.2. The Morgan fingerprint density at radius 3 is 2.65 bits per heavy atom. The van der Waals surface area contributed by atoms with Gasteiger partial charge < -0.3 is 10.3 Å². The Hall–Kier alpha value is -2.13. The number of hydrogen-bond donors (Lipinski definition) is 2. The van der Waals surface area contributed by atoms with Crippen molar-refractivity contribution < 1.29 is 0 Å². The van der Waals surface area contributed by atoms with Gasteiger partial charge in [-0.25, -0.2) is 4.98 Å². The van der Waals surface area contributed by atoms with E-state index in [0.717, 1.165) is 29.0 Å². The Morgan fingerprint density at radius 1 is 1.10 bits per heavy atom. The van der Waals surface area contributed by atoms with E-state index in [2.05, 4.69) is 59.5 Å². The number of H-pyrrole nitrogens is 1. The van der Waals surface area contributed by atoms with Crippen molar-refractivity contribution in [2.75, 3.05) is 0 Å². The molecule has 0 saturated heterocycles. The van der Waals surface area contributed by atoms with Crippen LogP contribution in [0, 0.1) is 0 Å². The van der Waals surface area contributed by atoms with Gasteiger partial charge in [0.15, 0.2) is 0 Å². The molecule has 0 spiro atoms. The van der Waals surface area contributed by atoms with Gasteiger partial charge in [-0.1, -0.05) is 50.2 Å². The van der Waals surface area contributed by atoms with Crippen molar-refractivity contribution >= 4 is 11.0 Å². The van der Waals surface area contributed by atoms with Crippen LogP contribution in [0.25, 0.3) is 22.4 Å². The van der Waals surface area contributed by atoms with Crippen molar-refractivity contribution in [3.8, 4) is 11.4 Å². The molecule has 0 fully saturated rings. The largest absolute Gasteiger partial charge is 0.338 e. The number of aromatic amines is 1. The molecule has 0 aliphatic heterocycles. The van der Waals surface area contributed by atoms with Crippen molar-refractivity contribution in [2.45, 2.75) is 26.4 Å². The normalized spacial score (nSPS) is 11.3. The molecule has 3 nitrogen and oxygen atoms in total. The summed E-state index contributed by atoms with van der Waals surface area (Å²) in [7, 11) is 0. The Morgan fingerprint density at radius 2 is 1.90 bits per heavy atom. The average molecular weight is 265 g/mol. The number of imidazole rings is 1. The Labute approximate surface area is 119 Å². The van der Waals surface area contributed by atoms with Crippen LogP contribution in [-0.2, 0) is 6.54 Å². The Balaban J connectivity index is 1.91. The maximum Gasteiger partial charge on any atom is 0.138 e. The smallest absolute Gasteiger partial charge is 0.138 e. The van der Waals surface area contributed by atoms with Gasteiger partial charge in [0.05, 0.1) is 11.0 Å². The minimum atomic E-state index is 0.493. The topological polar surface area (TPSA) is 40.7 Å². The van der Waals surface area contributed by atoms with Crippen LogP contribution in [-0.4, -0.2) is 16.0 Å². The summed E-state index contributed by atoms with van der Waals surface area (Å²) < 4.78 is 0. The van der Waals surface area contributed by atoms with E-state index in [1.165, 1.54) is 5.56 Å². The molecule has 0 radical (unpaired) electrons. The van der Waals surface area contributed by atoms with E-state index < -0.39 is 0 Å². The van der Waals surface area contributed by atoms with Crippen LogP contribution >= 0.6 is 0 Å². The third kappa shape index (κ3) is 2.73. The van der Waals surface area contributed by atoms with Crippen LogP contribution < -0.4 is 5.32 Å². The van der Waals surface area contributed by atoms with E-state index in [4.69, 9.17) is 0 Å². The molecule has 2 aromatic carbocycles. The molecule has 0 saturated carbocycles. The quantitative estimate of drug-likeness (QED) is 0.754. The molecule has 0 bridgehead atoms. The lowest BCUT2D eigenvalue weighted by Gasteiger charge is -2.07. The first-order valence-electron chi connectivity index (χ1n) is 7.00. The highest BCUT2D eigenvalue weighted by atomic mass is 14.9. The summed E-state index contributed by atoms with van der Waals surface area (Å²) in [6.45, 7) is 5.19. The van der Waals surface area contributed by atoms with Crippen LogP contribution in [0.5, 0.6) is 0 Å². The van der Waals surface area contributed by atoms with E-state index in [1.54, 1.807) is 0 Å². The molecule has 1 heterocycles. The van der Waals surface area contributed by atoms with E-state index in [-0.39, 0.29) is 0 Å². The molecule has 20 heavy (non-hydrogen) atoms. The van der Waals surface area contributed by atoms with Crippen LogP contribution in [0.15, 0.2) is 48.5 Å². The minimum absolute atomic E-state index is 0.493. The highest BCUT2D eigenvalue weighted by Crippen LogP contribution is 2.21. The predicted octanol–water partition coefficient (Wildman–Crippen LogP) is 3.73. The zero-order valence-electron chi connectivity index (χ0n) is 11.9. The van der Waals surface area contributed by atoms with Crippen LogP contribution in [0.2, 0.25) is 0 Å². The van der Waals surface area contributed by atoms with Crippen molar-refractivity contribution in [2.24, 2.45) is 0 Å². The molecule has 0 aliphatic carbocycles. The summed E-state index contributed by atoms with van der Waals surface area (Å²) in [5, 5.41) is 3.43. The van der Waals surface area contributed by atoms with Gasteiger partial charge >= 0.3 is 0 Å². The van der Waals surface area contributed by atoms with Crippen LogP contribution in [0.1, 0.15) is 19.4 Å². The van der Waals surface area contributed by atoms with Crippen molar-refractivity contribution in [3.05, 3.63) is 54.1 Å². The second-order valence-electron chi connectivity index (χ2n) is 5.34. The number of rotatable bonds is 4. The summed E-state index contributed by atoms with van der Waals surface area (Å²) in [5.41, 5.74) is 4.49. The zero-order valence-corrected chi connectivity index (χ0v) is 11.9. The van der Waals surface area contributed by atoms with Crippen LogP contribution in [0.4, 0.5) is 0 Å². The Bertz CT molecular complexity index is 699. The highest BCUT2D eigenvalue weighted by molar-refractivity contribution is 5.80. The van der Waals surface area contributed by atoms with E-state index in [1.807, 2.05) is 18.2 Å². The Kier molecular flexibility index (Phi) is 3.52. The molecule has 102 valence electrons. The lowest BCUT2D eigenvalue weighted by Crippen LogP contribution is -2.21. The van der Waals surface area contributed by atoms with Crippen LogP contribution in [0.3, 0.4) is 0 Å². The fourth-order valence-corrected chi connectivity index (χ4v) is 2.22. The molecule has 0 aliphatic rings. The second-order valence-corrected chi connectivity index (χ2v) is 5.34. The molecular formula is C17H19N3. The van der Waals surface area contributed by atoms with E-state index >= 15 is 0 Å². The van der Waals surface area contributed by atoms with Gasteiger partial charge in [0.25, 0.3) is 0 Å². The molecule has 0 unspecified atom stereocenters. The predicted molar refractivity (Wildman–Crippen MR) is 83.5 cm³/mol. The van der Waals surface area contributed by atoms with Gasteiger partial charge in [-0.15, -0.1) is 0 Å². The summed E-state index contributed by atoms with van der Waals surface area (Å²) >= 11 is 0. The average Bonchev–Trinajstić information content (AvgIpc) is 2.89. The maximum atomic E-state index is 4.64. The van der Waals surface area contributed by atoms with E-state index in [9.17, 15) is 0 Å². The molecular weight excluding hydrogens is 246 g/mol. The fourth-order valence-electron chi connectivity index (χ4n) is 2.22. The van der Waals surface area contributed by atoms with Crippen molar-refractivity contribution in [3.63, 3.8) is 0 Å². The van der Waals surface area contributed by atoms with Gasteiger partial charge in [0, 0.05) is 18.2 Å². The van der Waals surface area contributed by atoms with Gasteiger partial charge in [-0.05, 0) is 17.7 Å².